The maximum atomic E-state index is 11.8. The smallest absolute Gasteiger partial charge is 0.267 e. The number of nitrogens with zero attached hydrogens (tertiary/aromatic N) is 1. The molecular weight excluding hydrogens is 269 g/mol. The predicted octanol–water partition coefficient (Wildman–Crippen LogP) is 2.13. The minimum Gasteiger partial charge on any atom is -0.267 e. The molecule has 0 aliphatic rings. The van der Waals surface area contributed by atoms with E-state index in [-0.39, 0.29) is 11.3 Å². The Hall–Kier alpha value is -2.16. The maximum Gasteiger partial charge on any atom is 0.414 e. The second-order valence-electron chi connectivity index (χ2n) is 3.59. The third kappa shape index (κ3) is 4.54. The molecule has 19 heavy (non-hydrogen) atoms. The minimum absolute atomic E-state index is 0.167. The minimum atomic E-state index is -4.58. The van der Waals surface area contributed by atoms with Crippen LogP contribution in [0.1, 0.15) is 15.9 Å². The number of nitro groups is 1. The summed E-state index contributed by atoms with van der Waals surface area (Å²) < 4.78 is 35.3. The van der Waals surface area contributed by atoms with Crippen LogP contribution in [0.4, 0.5) is 18.9 Å². The van der Waals surface area contributed by atoms with Crippen molar-refractivity contribution in [1.82, 2.24) is 5.48 Å². The van der Waals surface area contributed by atoms with E-state index in [4.69, 9.17) is 0 Å². The molecule has 0 saturated carbocycles. The van der Waals surface area contributed by atoms with Crippen LogP contribution in [0.15, 0.2) is 18.2 Å². The van der Waals surface area contributed by atoms with Gasteiger partial charge in [0.15, 0.2) is 6.61 Å². The molecule has 6 nitrogen and oxygen atoms in total. The highest BCUT2D eigenvalue weighted by Gasteiger charge is 2.28. The van der Waals surface area contributed by atoms with E-state index in [0.29, 0.717) is 5.56 Å². The average molecular weight is 278 g/mol. The Labute approximate surface area is 105 Å². The summed E-state index contributed by atoms with van der Waals surface area (Å²) in [5.41, 5.74) is 1.42. The van der Waals surface area contributed by atoms with Gasteiger partial charge in [0.2, 0.25) is 0 Å². The van der Waals surface area contributed by atoms with Crippen LogP contribution in [0.5, 0.6) is 0 Å². The van der Waals surface area contributed by atoms with Crippen LogP contribution >= 0.6 is 0 Å². The molecule has 0 aliphatic heterocycles. The van der Waals surface area contributed by atoms with E-state index in [1.54, 1.807) is 5.48 Å². The van der Waals surface area contributed by atoms with E-state index in [1.165, 1.54) is 19.1 Å². The second kappa shape index (κ2) is 5.65. The summed E-state index contributed by atoms with van der Waals surface area (Å²) in [5.74, 6) is -0.993. The first kappa shape index (κ1) is 14.9. The fraction of sp³-hybridized carbons (Fsp3) is 0.300. The van der Waals surface area contributed by atoms with Crippen molar-refractivity contribution in [2.45, 2.75) is 13.1 Å². The average Bonchev–Trinajstić information content (AvgIpc) is 2.27. The molecule has 0 saturated heterocycles. The van der Waals surface area contributed by atoms with E-state index in [0.717, 1.165) is 6.07 Å². The van der Waals surface area contributed by atoms with Crippen molar-refractivity contribution in [1.29, 1.82) is 0 Å². The Balaban J connectivity index is 2.73. The van der Waals surface area contributed by atoms with Crippen LogP contribution < -0.4 is 5.48 Å². The third-order valence-corrected chi connectivity index (χ3v) is 2.07. The van der Waals surface area contributed by atoms with Crippen molar-refractivity contribution in [3.05, 3.63) is 39.4 Å². The zero-order chi connectivity index (χ0) is 14.6. The summed E-state index contributed by atoms with van der Waals surface area (Å²) in [6.07, 6.45) is -4.58. The van der Waals surface area contributed by atoms with Gasteiger partial charge in [-0.15, -0.1) is 0 Å². The molecule has 0 radical (unpaired) electrons. The molecule has 0 spiro atoms. The lowest BCUT2D eigenvalue weighted by atomic mass is 10.1. The summed E-state index contributed by atoms with van der Waals surface area (Å²) >= 11 is 0. The zero-order valence-corrected chi connectivity index (χ0v) is 9.65. The normalized spacial score (nSPS) is 11.2. The number of carbonyl (C=O) groups is 1. The van der Waals surface area contributed by atoms with Crippen molar-refractivity contribution in [2.75, 3.05) is 6.61 Å². The molecule has 0 atom stereocenters. The molecule has 104 valence electrons. The van der Waals surface area contributed by atoms with Crippen molar-refractivity contribution < 1.29 is 27.7 Å². The SMILES string of the molecule is Cc1ccc(C(=O)NOCC(F)(F)F)cc1[N+](=O)[O-]. The van der Waals surface area contributed by atoms with Crippen LogP contribution in [0, 0.1) is 17.0 Å². The van der Waals surface area contributed by atoms with Crippen molar-refractivity contribution in [2.24, 2.45) is 0 Å². The number of hydrogen-bond donors (Lipinski definition) is 1. The maximum absolute atomic E-state index is 11.8. The Morgan fingerprint density at radius 3 is 2.63 bits per heavy atom. The number of benzene rings is 1. The fourth-order valence-electron chi connectivity index (χ4n) is 1.19. The summed E-state index contributed by atoms with van der Waals surface area (Å²) in [4.78, 5) is 25.3. The molecule has 1 amide bonds. The predicted molar refractivity (Wildman–Crippen MR) is 57.3 cm³/mol. The quantitative estimate of drug-likeness (QED) is 0.675. The number of nitro benzene ring substituents is 1. The van der Waals surface area contributed by atoms with Gasteiger partial charge in [0.25, 0.3) is 11.6 Å². The number of alkyl halides is 3. The lowest BCUT2D eigenvalue weighted by molar-refractivity contribution is -0.385. The van der Waals surface area contributed by atoms with Gasteiger partial charge in [0, 0.05) is 17.2 Å². The van der Waals surface area contributed by atoms with Gasteiger partial charge >= 0.3 is 6.18 Å². The first-order chi connectivity index (χ1) is 8.70. The monoisotopic (exact) mass is 278 g/mol. The number of rotatable bonds is 4. The topological polar surface area (TPSA) is 81.5 Å². The van der Waals surface area contributed by atoms with Crippen molar-refractivity contribution >= 4 is 11.6 Å². The number of aryl methyl sites for hydroxylation is 1. The lowest BCUT2D eigenvalue weighted by Crippen LogP contribution is -2.29. The molecule has 0 fully saturated rings. The lowest BCUT2D eigenvalue weighted by Gasteiger charge is -2.08. The molecule has 0 heterocycles. The summed E-state index contributed by atoms with van der Waals surface area (Å²) in [6.45, 7) is -0.174. The standard InChI is InChI=1S/C10H9F3N2O4/c1-6-2-3-7(4-8(6)15(17)18)9(16)14-19-5-10(11,12)13/h2-4H,5H2,1H3,(H,14,16). The summed E-state index contributed by atoms with van der Waals surface area (Å²) in [6, 6.07) is 3.52. The molecular formula is C10H9F3N2O4. The Morgan fingerprint density at radius 1 is 1.47 bits per heavy atom. The number of hydrogen-bond acceptors (Lipinski definition) is 4. The van der Waals surface area contributed by atoms with Gasteiger partial charge in [-0.05, 0) is 13.0 Å². The van der Waals surface area contributed by atoms with E-state index in [2.05, 4.69) is 4.84 Å². The van der Waals surface area contributed by atoms with E-state index >= 15 is 0 Å². The Kier molecular flexibility index (Phi) is 4.43. The Morgan fingerprint density at radius 2 is 2.11 bits per heavy atom. The highest BCUT2D eigenvalue weighted by Crippen LogP contribution is 2.19. The molecule has 0 bridgehead atoms. The highest BCUT2D eigenvalue weighted by molar-refractivity contribution is 5.94. The van der Waals surface area contributed by atoms with Crippen molar-refractivity contribution in [3.63, 3.8) is 0 Å². The molecule has 1 aromatic carbocycles. The van der Waals surface area contributed by atoms with Gasteiger partial charge in [0.05, 0.1) is 4.92 Å². The van der Waals surface area contributed by atoms with Crippen LogP contribution in [-0.4, -0.2) is 23.6 Å². The van der Waals surface area contributed by atoms with E-state index in [9.17, 15) is 28.1 Å². The number of halogens is 3. The van der Waals surface area contributed by atoms with Gasteiger partial charge in [-0.25, -0.2) is 5.48 Å². The van der Waals surface area contributed by atoms with Crippen LogP contribution in [0.25, 0.3) is 0 Å². The molecule has 1 N–H and O–H groups in total. The first-order valence-electron chi connectivity index (χ1n) is 4.94. The van der Waals surface area contributed by atoms with Gasteiger partial charge in [-0.3, -0.25) is 19.7 Å². The van der Waals surface area contributed by atoms with Gasteiger partial charge in [0.1, 0.15) is 0 Å². The number of hydroxylamine groups is 1. The van der Waals surface area contributed by atoms with Crippen LogP contribution in [0.3, 0.4) is 0 Å². The van der Waals surface area contributed by atoms with Gasteiger partial charge < -0.3 is 0 Å². The highest BCUT2D eigenvalue weighted by atomic mass is 19.4. The van der Waals surface area contributed by atoms with Gasteiger partial charge in [-0.2, -0.15) is 13.2 Å². The number of nitrogens with one attached hydrogen (secondary N) is 1. The molecule has 1 aromatic rings. The largest absolute Gasteiger partial charge is 0.414 e. The first-order valence-corrected chi connectivity index (χ1v) is 4.94. The molecule has 0 aromatic heterocycles. The molecule has 9 heteroatoms. The van der Waals surface area contributed by atoms with E-state index < -0.39 is 23.6 Å². The molecule has 1 rings (SSSR count). The Bertz CT molecular complexity index is 502. The molecule has 0 unspecified atom stereocenters. The third-order valence-electron chi connectivity index (χ3n) is 2.07. The fourth-order valence-corrected chi connectivity index (χ4v) is 1.19. The summed E-state index contributed by atoms with van der Waals surface area (Å²) in [5, 5.41) is 10.6. The van der Waals surface area contributed by atoms with Crippen LogP contribution in [-0.2, 0) is 4.84 Å². The number of amides is 1. The second-order valence-corrected chi connectivity index (χ2v) is 3.59. The zero-order valence-electron chi connectivity index (χ0n) is 9.65. The summed E-state index contributed by atoms with van der Waals surface area (Å²) in [7, 11) is 0. The van der Waals surface area contributed by atoms with Crippen LogP contribution in [0.2, 0.25) is 0 Å². The van der Waals surface area contributed by atoms with Crippen molar-refractivity contribution in [3.8, 4) is 0 Å². The van der Waals surface area contributed by atoms with E-state index in [1.807, 2.05) is 0 Å². The number of carbonyl (C=O) groups excluding carboxylic acids is 1. The molecule has 0 aliphatic carbocycles. The van der Waals surface area contributed by atoms with Gasteiger partial charge in [-0.1, -0.05) is 6.07 Å².